The predicted octanol–water partition coefficient (Wildman–Crippen LogP) is 3.46. The van der Waals surface area contributed by atoms with Crippen LogP contribution in [0.15, 0.2) is 18.2 Å². The summed E-state index contributed by atoms with van der Waals surface area (Å²) < 4.78 is 0. The van der Waals surface area contributed by atoms with E-state index in [0.29, 0.717) is 11.6 Å². The number of nitrogens with two attached hydrogens (primary N) is 1. The first-order valence-corrected chi connectivity index (χ1v) is 6.77. The maximum Gasteiger partial charge on any atom is 0.292 e. The first kappa shape index (κ1) is 13.8. The molecular formula is C12H18N2O2S. The molecule has 1 aromatic carbocycles. The molecule has 0 heterocycles. The van der Waals surface area contributed by atoms with Crippen molar-refractivity contribution < 1.29 is 4.92 Å². The van der Waals surface area contributed by atoms with E-state index < -0.39 is 4.92 Å². The summed E-state index contributed by atoms with van der Waals surface area (Å²) in [6.07, 6.45) is 1.15. The van der Waals surface area contributed by atoms with Gasteiger partial charge < -0.3 is 5.73 Å². The van der Waals surface area contributed by atoms with Crippen LogP contribution in [0, 0.1) is 16.0 Å². The molecule has 0 radical (unpaired) electrons. The molecule has 0 aromatic heterocycles. The molecular weight excluding hydrogens is 236 g/mol. The van der Waals surface area contributed by atoms with Crippen molar-refractivity contribution in [3.63, 3.8) is 0 Å². The molecule has 0 aliphatic rings. The number of nitrogen functional groups attached to an aromatic ring is 1. The Morgan fingerprint density at radius 1 is 1.47 bits per heavy atom. The van der Waals surface area contributed by atoms with Gasteiger partial charge in [-0.3, -0.25) is 10.1 Å². The number of nitro benzene ring substituents is 1. The first-order chi connectivity index (χ1) is 8.02. The SMILES string of the molecule is CC(C)CCSCc1cccc([N+](=O)[O-])c1N. The third kappa shape index (κ3) is 4.26. The number of rotatable bonds is 6. The van der Waals surface area contributed by atoms with Crippen molar-refractivity contribution in [3.8, 4) is 0 Å². The Hall–Kier alpha value is -1.23. The van der Waals surface area contributed by atoms with E-state index in [2.05, 4.69) is 13.8 Å². The normalized spacial score (nSPS) is 10.8. The fourth-order valence-corrected chi connectivity index (χ4v) is 2.64. The summed E-state index contributed by atoms with van der Waals surface area (Å²) >= 11 is 1.77. The monoisotopic (exact) mass is 254 g/mol. The van der Waals surface area contributed by atoms with Crippen molar-refractivity contribution in [2.45, 2.75) is 26.0 Å². The summed E-state index contributed by atoms with van der Waals surface area (Å²) in [6.45, 7) is 4.37. The lowest BCUT2D eigenvalue weighted by atomic mass is 10.2. The highest BCUT2D eigenvalue weighted by molar-refractivity contribution is 7.98. The Labute approximate surface area is 106 Å². The molecule has 2 N–H and O–H groups in total. The van der Waals surface area contributed by atoms with Crippen LogP contribution in [0.1, 0.15) is 25.8 Å². The number of hydrogen-bond donors (Lipinski definition) is 1. The van der Waals surface area contributed by atoms with E-state index in [1.165, 1.54) is 6.07 Å². The zero-order valence-corrected chi connectivity index (χ0v) is 11.0. The standard InChI is InChI=1S/C12H18N2O2S/c1-9(2)6-7-17-8-10-4-3-5-11(12(10)13)14(15)16/h3-5,9H,6-8,13H2,1-2H3. The van der Waals surface area contributed by atoms with Crippen LogP contribution in [0.25, 0.3) is 0 Å². The van der Waals surface area contributed by atoms with Crippen LogP contribution in [-0.4, -0.2) is 10.7 Å². The largest absolute Gasteiger partial charge is 0.393 e. The molecule has 0 saturated heterocycles. The first-order valence-electron chi connectivity index (χ1n) is 5.62. The van der Waals surface area contributed by atoms with Crippen LogP contribution >= 0.6 is 11.8 Å². The Kier molecular flexibility index (Phi) is 5.28. The maximum absolute atomic E-state index is 10.7. The van der Waals surface area contributed by atoms with Crippen molar-refractivity contribution in [1.82, 2.24) is 0 Å². The Balaban J connectivity index is 2.59. The van der Waals surface area contributed by atoms with E-state index in [1.807, 2.05) is 6.07 Å². The average Bonchev–Trinajstić information content (AvgIpc) is 2.25. The fourth-order valence-electron chi connectivity index (χ4n) is 1.39. The van der Waals surface area contributed by atoms with Gasteiger partial charge in [-0.05, 0) is 23.7 Å². The van der Waals surface area contributed by atoms with E-state index in [0.717, 1.165) is 23.5 Å². The van der Waals surface area contributed by atoms with Gasteiger partial charge in [-0.25, -0.2) is 0 Å². The third-order valence-corrected chi connectivity index (χ3v) is 3.51. The van der Waals surface area contributed by atoms with Crippen LogP contribution in [-0.2, 0) is 5.75 Å². The highest BCUT2D eigenvalue weighted by atomic mass is 32.2. The molecule has 4 nitrogen and oxygen atoms in total. The highest BCUT2D eigenvalue weighted by Crippen LogP contribution is 2.28. The minimum absolute atomic E-state index is 0.00644. The molecule has 0 bridgehead atoms. The lowest BCUT2D eigenvalue weighted by Crippen LogP contribution is -1.99. The summed E-state index contributed by atoms with van der Waals surface area (Å²) in [5, 5.41) is 10.7. The second-order valence-corrected chi connectivity index (χ2v) is 5.45. The lowest BCUT2D eigenvalue weighted by molar-refractivity contribution is -0.383. The topological polar surface area (TPSA) is 69.2 Å². The van der Waals surface area contributed by atoms with Gasteiger partial charge in [0.25, 0.3) is 5.69 Å². The molecule has 0 spiro atoms. The number of anilines is 1. The molecule has 17 heavy (non-hydrogen) atoms. The van der Waals surface area contributed by atoms with Gasteiger partial charge in [0.1, 0.15) is 5.69 Å². The summed E-state index contributed by atoms with van der Waals surface area (Å²) in [6, 6.07) is 4.98. The van der Waals surface area contributed by atoms with Crippen LogP contribution in [0.2, 0.25) is 0 Å². The van der Waals surface area contributed by atoms with Crippen molar-refractivity contribution in [1.29, 1.82) is 0 Å². The number of benzene rings is 1. The van der Waals surface area contributed by atoms with Gasteiger partial charge in [-0.2, -0.15) is 11.8 Å². The van der Waals surface area contributed by atoms with Gasteiger partial charge in [0.05, 0.1) is 4.92 Å². The van der Waals surface area contributed by atoms with Gasteiger partial charge in [-0.15, -0.1) is 0 Å². The smallest absolute Gasteiger partial charge is 0.292 e. The predicted molar refractivity (Wildman–Crippen MR) is 73.1 cm³/mol. The average molecular weight is 254 g/mol. The number of hydrogen-bond acceptors (Lipinski definition) is 4. The molecule has 0 atom stereocenters. The number of thioether (sulfide) groups is 1. The van der Waals surface area contributed by atoms with E-state index in [-0.39, 0.29) is 5.69 Å². The molecule has 1 rings (SSSR count). The molecule has 0 amide bonds. The Morgan fingerprint density at radius 2 is 2.18 bits per heavy atom. The van der Waals surface area contributed by atoms with Crippen molar-refractivity contribution in [3.05, 3.63) is 33.9 Å². The van der Waals surface area contributed by atoms with Crippen LogP contribution in [0.3, 0.4) is 0 Å². The number of nitrogens with zero attached hydrogens (tertiary/aromatic N) is 1. The zero-order chi connectivity index (χ0) is 12.8. The van der Waals surface area contributed by atoms with Crippen molar-refractivity contribution >= 4 is 23.1 Å². The molecule has 5 heteroatoms. The quantitative estimate of drug-likeness (QED) is 0.365. The van der Waals surface area contributed by atoms with Crippen molar-refractivity contribution in [2.75, 3.05) is 11.5 Å². The summed E-state index contributed by atoms with van der Waals surface area (Å²) in [5.41, 5.74) is 6.93. The number of para-hydroxylation sites is 1. The minimum atomic E-state index is -0.433. The summed E-state index contributed by atoms with van der Waals surface area (Å²) in [5.74, 6) is 2.48. The molecule has 0 fully saturated rings. The lowest BCUT2D eigenvalue weighted by Gasteiger charge is -2.07. The second kappa shape index (κ2) is 6.49. The maximum atomic E-state index is 10.7. The molecule has 1 aromatic rings. The van der Waals surface area contributed by atoms with Gasteiger partial charge in [0, 0.05) is 11.8 Å². The summed E-state index contributed by atoms with van der Waals surface area (Å²) in [7, 11) is 0. The molecule has 94 valence electrons. The number of nitro groups is 1. The zero-order valence-electron chi connectivity index (χ0n) is 10.2. The Morgan fingerprint density at radius 3 is 2.76 bits per heavy atom. The van der Waals surface area contributed by atoms with E-state index >= 15 is 0 Å². The van der Waals surface area contributed by atoms with E-state index in [4.69, 9.17) is 5.73 Å². The van der Waals surface area contributed by atoms with E-state index in [9.17, 15) is 10.1 Å². The van der Waals surface area contributed by atoms with Crippen LogP contribution in [0.5, 0.6) is 0 Å². The van der Waals surface area contributed by atoms with E-state index in [1.54, 1.807) is 17.8 Å². The van der Waals surface area contributed by atoms with Gasteiger partial charge >= 0.3 is 0 Å². The van der Waals surface area contributed by atoms with Crippen molar-refractivity contribution in [2.24, 2.45) is 5.92 Å². The molecule has 0 aliphatic carbocycles. The highest BCUT2D eigenvalue weighted by Gasteiger charge is 2.13. The van der Waals surface area contributed by atoms with Crippen LogP contribution in [0.4, 0.5) is 11.4 Å². The minimum Gasteiger partial charge on any atom is -0.393 e. The third-order valence-electron chi connectivity index (χ3n) is 2.47. The molecule has 0 saturated carbocycles. The molecule has 0 aliphatic heterocycles. The van der Waals surface area contributed by atoms with Crippen LogP contribution < -0.4 is 5.73 Å². The molecule has 0 unspecified atom stereocenters. The van der Waals surface area contributed by atoms with Gasteiger partial charge in [0.2, 0.25) is 0 Å². The van der Waals surface area contributed by atoms with Gasteiger partial charge in [0.15, 0.2) is 0 Å². The fraction of sp³-hybridized carbons (Fsp3) is 0.500. The Bertz CT molecular complexity index is 394. The summed E-state index contributed by atoms with van der Waals surface area (Å²) in [4.78, 5) is 10.3. The van der Waals surface area contributed by atoms with Gasteiger partial charge in [-0.1, -0.05) is 26.0 Å². The second-order valence-electron chi connectivity index (χ2n) is 4.34.